The number of allylic oxidation sites excluding steroid dienone is 1. The highest BCUT2D eigenvalue weighted by molar-refractivity contribution is 4.91. The van der Waals surface area contributed by atoms with Gasteiger partial charge >= 0.3 is 0 Å². The van der Waals surface area contributed by atoms with E-state index in [0.717, 1.165) is 38.9 Å². The number of hydrogen-bond donors (Lipinski definition) is 2. The molecule has 0 fully saturated rings. The summed E-state index contributed by atoms with van der Waals surface area (Å²) in [4.78, 5) is 0. The van der Waals surface area contributed by atoms with E-state index >= 15 is 0 Å². The Balaban J connectivity index is 4.10. The quantitative estimate of drug-likeness (QED) is 0.0663. The fraction of sp³-hybridized carbons (Fsp3) is 0.946. The average Bonchev–Trinajstić information content (AvgIpc) is 2.88. The summed E-state index contributed by atoms with van der Waals surface area (Å²) >= 11 is 0. The van der Waals surface area contributed by atoms with E-state index in [1.165, 1.54) is 95.5 Å². The largest absolute Gasteiger partial charge is 0.389 e. The third-order valence-corrected chi connectivity index (χ3v) is 7.53. The van der Waals surface area contributed by atoms with Crippen LogP contribution in [-0.2, 0) is 14.2 Å². The second-order valence-electron chi connectivity index (χ2n) is 15.2. The summed E-state index contributed by atoms with van der Waals surface area (Å²) < 4.78 is 18.1. The van der Waals surface area contributed by atoms with E-state index in [0.29, 0.717) is 30.6 Å². The van der Waals surface area contributed by atoms with Crippen molar-refractivity contribution in [3.63, 3.8) is 0 Å². The lowest BCUT2D eigenvalue weighted by atomic mass is 9.89. The maximum atomic E-state index is 10.1. The molecule has 0 aliphatic rings. The molecule has 0 bridgehead atoms. The minimum absolute atomic E-state index is 0.146. The molecule has 5 heteroatoms. The summed E-state index contributed by atoms with van der Waals surface area (Å²) in [6.45, 7) is 21.1. The monoisotopic (exact) mass is 598 g/mol. The van der Waals surface area contributed by atoms with Crippen LogP contribution < -0.4 is 5.32 Å². The van der Waals surface area contributed by atoms with Crippen molar-refractivity contribution in [2.75, 3.05) is 33.0 Å². The van der Waals surface area contributed by atoms with Gasteiger partial charge in [-0.3, -0.25) is 0 Å². The maximum absolute atomic E-state index is 10.1. The van der Waals surface area contributed by atoms with Crippen LogP contribution in [0.25, 0.3) is 0 Å². The van der Waals surface area contributed by atoms with Gasteiger partial charge < -0.3 is 24.6 Å². The third kappa shape index (κ3) is 33.9. The van der Waals surface area contributed by atoms with E-state index in [1.807, 2.05) is 20.0 Å². The van der Waals surface area contributed by atoms with Crippen LogP contribution >= 0.6 is 0 Å². The first-order chi connectivity index (χ1) is 19.9. The smallest absolute Gasteiger partial charge is 0.157 e. The lowest BCUT2D eigenvalue weighted by Crippen LogP contribution is -2.28. The maximum Gasteiger partial charge on any atom is 0.157 e. The summed E-state index contributed by atoms with van der Waals surface area (Å²) in [6, 6.07) is 0. The van der Waals surface area contributed by atoms with Crippen LogP contribution in [0.5, 0.6) is 0 Å². The third-order valence-electron chi connectivity index (χ3n) is 7.53. The first-order valence-electron chi connectivity index (χ1n) is 17.7. The second kappa shape index (κ2) is 26.8. The zero-order valence-corrected chi connectivity index (χ0v) is 29.7. The summed E-state index contributed by atoms with van der Waals surface area (Å²) in [5.74, 6) is 0. The first kappa shape index (κ1) is 41.4. The van der Waals surface area contributed by atoms with E-state index in [1.54, 1.807) is 0 Å². The normalized spacial score (nSPS) is 13.1. The Hall–Kier alpha value is -0.620. The lowest BCUT2D eigenvalue weighted by molar-refractivity contribution is -0.149. The highest BCUT2D eigenvalue weighted by Gasteiger charge is 2.12. The van der Waals surface area contributed by atoms with Crippen molar-refractivity contribution in [1.29, 1.82) is 0 Å². The molecule has 0 amide bonds. The molecule has 1 atom stereocenters. The Morgan fingerprint density at radius 1 is 0.619 bits per heavy atom. The molecule has 0 aliphatic carbocycles. The van der Waals surface area contributed by atoms with Crippen molar-refractivity contribution in [1.82, 2.24) is 5.32 Å². The van der Waals surface area contributed by atoms with Gasteiger partial charge in [-0.2, -0.15) is 0 Å². The van der Waals surface area contributed by atoms with Gasteiger partial charge in [0.25, 0.3) is 0 Å². The second-order valence-corrected chi connectivity index (χ2v) is 15.2. The fourth-order valence-electron chi connectivity index (χ4n) is 4.96. The number of aliphatic hydroxyl groups is 1. The molecule has 42 heavy (non-hydrogen) atoms. The van der Waals surface area contributed by atoms with Crippen LogP contribution in [0.4, 0.5) is 0 Å². The van der Waals surface area contributed by atoms with Gasteiger partial charge in [-0.05, 0) is 63.0 Å². The molecule has 0 radical (unpaired) electrons. The number of nitrogens with one attached hydrogen (secondary N) is 1. The molecule has 0 aromatic heterocycles. The predicted molar refractivity (Wildman–Crippen MR) is 182 cm³/mol. The van der Waals surface area contributed by atoms with E-state index < -0.39 is 6.10 Å². The van der Waals surface area contributed by atoms with E-state index in [-0.39, 0.29) is 6.29 Å². The zero-order chi connectivity index (χ0) is 31.5. The van der Waals surface area contributed by atoms with Gasteiger partial charge in [0, 0.05) is 32.8 Å². The number of ether oxygens (including phenoxy) is 3. The standard InChI is InChI=1S/C37H75NO4/c1-33(2)30-38-31-34(39)32-40-27-23-24-35(41-28-21-17-13-9-11-15-19-25-36(3,4)5)42-29-22-18-14-10-12-16-20-26-37(6,7)8/h30,34-35,38-39H,9-29,31-32H2,1-8H3. The first-order valence-corrected chi connectivity index (χ1v) is 17.7. The Bertz CT molecular complexity index is 570. The van der Waals surface area contributed by atoms with Gasteiger partial charge in [-0.1, -0.05) is 124 Å². The van der Waals surface area contributed by atoms with E-state index in [2.05, 4.69) is 46.9 Å². The SMILES string of the molecule is CC(C)=CNCC(O)COCCCC(OCCCCCCCCCC(C)(C)C)OCCCCCCCCCC(C)(C)C. The minimum Gasteiger partial charge on any atom is -0.389 e. The highest BCUT2D eigenvalue weighted by atomic mass is 16.7. The van der Waals surface area contributed by atoms with Gasteiger partial charge in [-0.15, -0.1) is 0 Å². The van der Waals surface area contributed by atoms with Gasteiger partial charge in [-0.25, -0.2) is 0 Å². The number of unbranched alkanes of at least 4 members (excludes halogenated alkanes) is 12. The average molecular weight is 598 g/mol. The molecular weight excluding hydrogens is 522 g/mol. The van der Waals surface area contributed by atoms with Crippen LogP contribution in [0.3, 0.4) is 0 Å². The number of aliphatic hydroxyl groups excluding tert-OH is 1. The molecule has 1 unspecified atom stereocenters. The molecule has 0 aliphatic heterocycles. The Labute approximate surface area is 263 Å². The molecule has 2 N–H and O–H groups in total. The van der Waals surface area contributed by atoms with Crippen molar-refractivity contribution in [2.24, 2.45) is 10.8 Å². The molecule has 252 valence electrons. The summed E-state index contributed by atoms with van der Waals surface area (Å²) in [5.41, 5.74) is 2.13. The van der Waals surface area contributed by atoms with Crippen LogP contribution in [0.15, 0.2) is 11.8 Å². The molecule has 0 spiro atoms. The molecule has 0 rings (SSSR count). The van der Waals surface area contributed by atoms with Crippen molar-refractivity contribution in [3.05, 3.63) is 11.8 Å². The van der Waals surface area contributed by atoms with Crippen LogP contribution in [-0.4, -0.2) is 50.5 Å². The van der Waals surface area contributed by atoms with Crippen molar-refractivity contribution in [3.8, 4) is 0 Å². The van der Waals surface area contributed by atoms with E-state index in [9.17, 15) is 5.11 Å². The molecule has 5 nitrogen and oxygen atoms in total. The van der Waals surface area contributed by atoms with E-state index in [4.69, 9.17) is 14.2 Å². The fourth-order valence-corrected chi connectivity index (χ4v) is 4.96. The molecule has 0 saturated heterocycles. The predicted octanol–water partition coefficient (Wildman–Crippen LogP) is 10.4. The Morgan fingerprint density at radius 2 is 1.05 bits per heavy atom. The summed E-state index contributed by atoms with van der Waals surface area (Å²) in [5, 5.41) is 13.2. The Morgan fingerprint density at radius 3 is 1.48 bits per heavy atom. The van der Waals surface area contributed by atoms with Crippen LogP contribution in [0.2, 0.25) is 0 Å². The van der Waals surface area contributed by atoms with Gasteiger partial charge in [0.2, 0.25) is 0 Å². The highest BCUT2D eigenvalue weighted by Crippen LogP contribution is 2.23. The van der Waals surface area contributed by atoms with Crippen LogP contribution in [0, 0.1) is 10.8 Å². The molecular formula is C37H75NO4. The number of hydrogen-bond acceptors (Lipinski definition) is 5. The van der Waals surface area contributed by atoms with Crippen molar-refractivity contribution in [2.45, 2.75) is 183 Å². The summed E-state index contributed by atoms with van der Waals surface area (Å²) in [6.07, 6.45) is 23.8. The molecule has 0 aromatic carbocycles. The minimum atomic E-state index is -0.499. The van der Waals surface area contributed by atoms with Gasteiger partial charge in [0.1, 0.15) is 0 Å². The molecule has 0 aromatic rings. The van der Waals surface area contributed by atoms with Gasteiger partial charge in [0.15, 0.2) is 6.29 Å². The molecule has 0 heterocycles. The van der Waals surface area contributed by atoms with Crippen molar-refractivity contribution >= 4 is 0 Å². The molecule has 0 saturated carbocycles. The number of rotatable bonds is 29. The van der Waals surface area contributed by atoms with Crippen LogP contribution in [0.1, 0.15) is 171 Å². The Kier molecular flexibility index (Phi) is 26.4. The van der Waals surface area contributed by atoms with Gasteiger partial charge in [0.05, 0.1) is 12.7 Å². The zero-order valence-electron chi connectivity index (χ0n) is 29.7. The topological polar surface area (TPSA) is 60.0 Å². The summed E-state index contributed by atoms with van der Waals surface area (Å²) in [7, 11) is 0. The lowest BCUT2D eigenvalue weighted by Gasteiger charge is -2.19. The van der Waals surface area contributed by atoms with Crippen molar-refractivity contribution < 1.29 is 19.3 Å².